The Bertz CT molecular complexity index is 926. The molecule has 5 nitrogen and oxygen atoms in total. The molecule has 0 bridgehead atoms. The summed E-state index contributed by atoms with van der Waals surface area (Å²) in [6, 6.07) is 0. The number of aliphatic hydroxyl groups excluding tert-OH is 4. The van der Waals surface area contributed by atoms with Crippen LogP contribution in [0.5, 0.6) is 0 Å². The molecule has 0 spiro atoms. The first-order valence-electron chi connectivity index (χ1n) is 14.0. The molecule has 5 aliphatic rings. The van der Waals surface area contributed by atoms with Crippen LogP contribution < -0.4 is 0 Å². The highest BCUT2D eigenvalue weighted by Gasteiger charge is 2.65. The quantitative estimate of drug-likeness (QED) is 0.442. The Kier molecular flexibility index (Phi) is 5.83. The van der Waals surface area contributed by atoms with Gasteiger partial charge in [0.1, 0.15) is 0 Å². The summed E-state index contributed by atoms with van der Waals surface area (Å²) in [5.74, 6) is 0.815. The van der Waals surface area contributed by atoms with Crippen LogP contribution in [0.15, 0.2) is 11.6 Å². The van der Waals surface area contributed by atoms with E-state index in [0.29, 0.717) is 12.3 Å². The lowest BCUT2D eigenvalue weighted by molar-refractivity contribution is -0.189. The second kappa shape index (κ2) is 7.88. The van der Waals surface area contributed by atoms with Crippen LogP contribution in [0.25, 0.3) is 0 Å². The van der Waals surface area contributed by atoms with E-state index in [2.05, 4.69) is 27.7 Å². The van der Waals surface area contributed by atoms with Crippen molar-refractivity contribution in [1.82, 2.24) is 0 Å². The molecule has 4 fully saturated rings. The van der Waals surface area contributed by atoms with Crippen molar-refractivity contribution in [2.75, 3.05) is 6.61 Å². The Morgan fingerprint density at radius 2 is 1.57 bits per heavy atom. The molecular weight excluding hydrogens is 440 g/mol. The van der Waals surface area contributed by atoms with Crippen molar-refractivity contribution in [3.05, 3.63) is 11.6 Å². The second-order valence-corrected chi connectivity index (χ2v) is 14.9. The first-order chi connectivity index (χ1) is 16.1. The molecule has 4 N–H and O–H groups in total. The zero-order valence-corrected chi connectivity index (χ0v) is 22.7. The topological polar surface area (TPSA) is 98.0 Å². The third kappa shape index (κ3) is 3.30. The van der Waals surface area contributed by atoms with Gasteiger partial charge >= 0.3 is 0 Å². The molecule has 0 saturated heterocycles. The highest BCUT2D eigenvalue weighted by atomic mass is 16.3. The fourth-order valence-corrected chi connectivity index (χ4v) is 11.1. The van der Waals surface area contributed by atoms with Crippen molar-refractivity contribution in [3.63, 3.8) is 0 Å². The van der Waals surface area contributed by atoms with E-state index in [1.54, 1.807) is 0 Å². The second-order valence-electron chi connectivity index (χ2n) is 14.9. The molecule has 0 aromatic carbocycles. The van der Waals surface area contributed by atoms with Crippen LogP contribution in [-0.2, 0) is 4.79 Å². The van der Waals surface area contributed by atoms with Gasteiger partial charge in [0, 0.05) is 16.7 Å². The first kappa shape index (κ1) is 25.9. The Morgan fingerprint density at radius 3 is 2.23 bits per heavy atom. The molecule has 5 aliphatic carbocycles. The number of allylic oxidation sites excluding steroid dienone is 2. The van der Waals surface area contributed by atoms with E-state index in [4.69, 9.17) is 0 Å². The van der Waals surface area contributed by atoms with Gasteiger partial charge in [0.15, 0.2) is 5.78 Å². The molecule has 11 atom stereocenters. The Labute approximate surface area is 211 Å². The van der Waals surface area contributed by atoms with Gasteiger partial charge in [-0.2, -0.15) is 0 Å². The molecule has 4 saturated carbocycles. The summed E-state index contributed by atoms with van der Waals surface area (Å²) in [6.07, 6.45) is 6.98. The van der Waals surface area contributed by atoms with Crippen LogP contribution in [-0.4, -0.2) is 51.1 Å². The number of carbonyl (C=O) groups excluding carboxylic acids is 1. The minimum Gasteiger partial charge on any atom is -0.396 e. The van der Waals surface area contributed by atoms with Gasteiger partial charge in [-0.1, -0.05) is 47.1 Å². The van der Waals surface area contributed by atoms with E-state index in [1.807, 2.05) is 19.9 Å². The molecule has 0 aromatic rings. The van der Waals surface area contributed by atoms with E-state index in [1.165, 1.54) is 5.57 Å². The first-order valence-corrected chi connectivity index (χ1v) is 14.0. The van der Waals surface area contributed by atoms with Crippen LogP contribution in [0.2, 0.25) is 0 Å². The maximum absolute atomic E-state index is 13.7. The minimum atomic E-state index is -0.894. The fraction of sp³-hybridized carbons (Fsp3) is 0.900. The molecule has 0 aliphatic heterocycles. The molecule has 4 unspecified atom stereocenters. The smallest absolute Gasteiger partial charge is 0.159 e. The number of ketones is 1. The van der Waals surface area contributed by atoms with Crippen molar-refractivity contribution < 1.29 is 25.2 Å². The summed E-state index contributed by atoms with van der Waals surface area (Å²) in [7, 11) is 0. The summed E-state index contributed by atoms with van der Waals surface area (Å²) in [4.78, 5) is 13.7. The van der Waals surface area contributed by atoms with Gasteiger partial charge in [0.05, 0.1) is 24.9 Å². The highest BCUT2D eigenvalue weighted by Crippen LogP contribution is 2.70. The fourth-order valence-electron chi connectivity index (χ4n) is 11.1. The SMILES string of the molecule is CC1(C)[C@H](O)[C@H](O)CC2(C)[C@H]3CCC4[C@@](C)(CCC5[C@@](C)(CO)C(O)CC[C@]45C)CC3=CC(=O)[C@@H]12. The lowest BCUT2D eigenvalue weighted by Crippen LogP contribution is -2.62. The van der Waals surface area contributed by atoms with Gasteiger partial charge in [-0.05, 0) is 91.4 Å². The van der Waals surface area contributed by atoms with Crippen LogP contribution in [0.1, 0.15) is 92.9 Å². The van der Waals surface area contributed by atoms with E-state index in [0.717, 1.165) is 44.9 Å². The standard InChI is InChI=1S/C30H48O5/c1-26(2)24-19(32)13-17-14-27(3)11-9-22-28(4,12-10-23(34)30(22,6)16-31)21(27)8-7-18(17)29(24,5)15-20(33)25(26)35/h13,18,20-25,31,33-35H,7-12,14-16H2,1-6H3/t18-,20+,21?,22?,23?,24-,25+,27-,28+,29?,30+/m0/s1. The lowest BCUT2D eigenvalue weighted by atomic mass is 9.42. The largest absolute Gasteiger partial charge is 0.396 e. The zero-order chi connectivity index (χ0) is 25.8. The van der Waals surface area contributed by atoms with Crippen molar-refractivity contribution in [3.8, 4) is 0 Å². The van der Waals surface area contributed by atoms with E-state index in [-0.39, 0.29) is 46.4 Å². The monoisotopic (exact) mass is 488 g/mol. The maximum Gasteiger partial charge on any atom is 0.159 e. The number of aliphatic hydroxyl groups is 4. The summed E-state index contributed by atoms with van der Waals surface area (Å²) in [5.41, 5.74) is -0.113. The molecule has 5 rings (SSSR count). The summed E-state index contributed by atoms with van der Waals surface area (Å²) >= 11 is 0. The van der Waals surface area contributed by atoms with Crippen LogP contribution in [0.4, 0.5) is 0 Å². The molecule has 198 valence electrons. The van der Waals surface area contributed by atoms with E-state index in [9.17, 15) is 25.2 Å². The Morgan fingerprint density at radius 1 is 0.886 bits per heavy atom. The van der Waals surface area contributed by atoms with Gasteiger partial charge in [0.25, 0.3) is 0 Å². The maximum atomic E-state index is 13.7. The number of hydrogen-bond donors (Lipinski definition) is 4. The number of carbonyl (C=O) groups is 1. The van der Waals surface area contributed by atoms with Crippen molar-refractivity contribution in [2.24, 2.45) is 50.7 Å². The molecule has 35 heavy (non-hydrogen) atoms. The highest BCUT2D eigenvalue weighted by molar-refractivity contribution is 5.95. The molecule has 5 heteroatoms. The third-order valence-electron chi connectivity index (χ3n) is 12.7. The van der Waals surface area contributed by atoms with Crippen LogP contribution >= 0.6 is 0 Å². The average Bonchev–Trinajstić information content (AvgIpc) is 2.91. The van der Waals surface area contributed by atoms with Gasteiger partial charge in [-0.15, -0.1) is 0 Å². The van der Waals surface area contributed by atoms with Crippen molar-refractivity contribution in [1.29, 1.82) is 0 Å². The van der Waals surface area contributed by atoms with E-state index >= 15 is 0 Å². The zero-order valence-electron chi connectivity index (χ0n) is 22.7. The van der Waals surface area contributed by atoms with Gasteiger partial charge < -0.3 is 20.4 Å². The summed E-state index contributed by atoms with van der Waals surface area (Å²) in [6.45, 7) is 13.1. The summed E-state index contributed by atoms with van der Waals surface area (Å²) in [5, 5.41) is 43.0. The number of hydrogen-bond acceptors (Lipinski definition) is 5. The minimum absolute atomic E-state index is 0.0230. The van der Waals surface area contributed by atoms with Gasteiger partial charge in [-0.3, -0.25) is 4.79 Å². The summed E-state index contributed by atoms with van der Waals surface area (Å²) < 4.78 is 0. The number of fused-ring (bicyclic) bond motifs is 6. The Balaban J connectivity index is 1.55. The van der Waals surface area contributed by atoms with Crippen LogP contribution in [0.3, 0.4) is 0 Å². The predicted molar refractivity (Wildman–Crippen MR) is 135 cm³/mol. The van der Waals surface area contributed by atoms with Crippen molar-refractivity contribution >= 4 is 5.78 Å². The number of rotatable bonds is 1. The van der Waals surface area contributed by atoms with E-state index < -0.39 is 29.1 Å². The van der Waals surface area contributed by atoms with Gasteiger partial charge in [0.2, 0.25) is 0 Å². The predicted octanol–water partition coefficient (Wildman–Crippen LogP) is 4.26. The Hall–Kier alpha value is -0.750. The lowest BCUT2D eigenvalue weighted by Gasteiger charge is -2.64. The molecular formula is C30H48O5. The van der Waals surface area contributed by atoms with Gasteiger partial charge in [-0.25, -0.2) is 0 Å². The molecule has 0 amide bonds. The molecule has 0 aromatic heterocycles. The average molecular weight is 489 g/mol. The third-order valence-corrected chi connectivity index (χ3v) is 12.7. The normalized spacial score (nSPS) is 55.5. The molecule has 0 radical (unpaired) electrons. The van der Waals surface area contributed by atoms with Crippen molar-refractivity contribution in [2.45, 2.75) is 111 Å². The van der Waals surface area contributed by atoms with Crippen LogP contribution in [0, 0.1) is 50.7 Å². The molecule has 0 heterocycles.